The summed E-state index contributed by atoms with van der Waals surface area (Å²) < 4.78 is 40.1. The molecule has 2 N–H and O–H groups in total. The van der Waals surface area contributed by atoms with Crippen LogP contribution in [0.25, 0.3) is 11.0 Å². The van der Waals surface area contributed by atoms with Crippen LogP contribution in [-0.4, -0.2) is 35.1 Å². The summed E-state index contributed by atoms with van der Waals surface area (Å²) in [5, 5.41) is 0. The van der Waals surface area contributed by atoms with E-state index in [0.29, 0.717) is 17.7 Å². The Kier molecular flexibility index (Phi) is 3.40. The van der Waals surface area contributed by atoms with E-state index >= 15 is 0 Å². The summed E-state index contributed by atoms with van der Waals surface area (Å²) in [6.45, 7) is 0.723. The maximum absolute atomic E-state index is 13.0. The van der Waals surface area contributed by atoms with Crippen LogP contribution in [0.5, 0.6) is 0 Å². The first kappa shape index (κ1) is 13.7. The Balaban J connectivity index is 2.55. The molecule has 19 heavy (non-hydrogen) atoms. The molecule has 1 aromatic heterocycles. The van der Waals surface area contributed by atoms with E-state index in [0.717, 1.165) is 0 Å². The molecule has 0 amide bonds. The Morgan fingerprint density at radius 2 is 2.00 bits per heavy atom. The first-order valence-electron chi connectivity index (χ1n) is 5.76. The highest BCUT2D eigenvalue weighted by atomic mass is 19.4. The average molecular weight is 272 g/mol. The molecule has 7 heteroatoms. The van der Waals surface area contributed by atoms with Crippen LogP contribution in [0.3, 0.4) is 0 Å². The molecule has 1 heterocycles. The van der Waals surface area contributed by atoms with Crippen molar-refractivity contribution >= 4 is 16.7 Å². The molecule has 1 aromatic carbocycles. The van der Waals surface area contributed by atoms with Gasteiger partial charge in [0.05, 0.1) is 11.0 Å². The van der Waals surface area contributed by atoms with E-state index in [1.54, 1.807) is 12.1 Å². The van der Waals surface area contributed by atoms with Gasteiger partial charge in [-0.2, -0.15) is 13.2 Å². The number of fused-ring (bicyclic) bond motifs is 1. The van der Waals surface area contributed by atoms with Crippen LogP contribution in [0.1, 0.15) is 5.82 Å². The van der Waals surface area contributed by atoms with Gasteiger partial charge in [0.15, 0.2) is 0 Å². The predicted molar refractivity (Wildman–Crippen MR) is 67.7 cm³/mol. The molecule has 0 fully saturated rings. The number of nitrogens with zero attached hydrogens (tertiary/aromatic N) is 3. The molecule has 0 aliphatic carbocycles. The summed E-state index contributed by atoms with van der Waals surface area (Å²) >= 11 is 0. The lowest BCUT2D eigenvalue weighted by atomic mass is 10.3. The monoisotopic (exact) mass is 272 g/mol. The summed E-state index contributed by atoms with van der Waals surface area (Å²) in [6, 6.07) is 4.61. The van der Waals surface area contributed by atoms with Crippen molar-refractivity contribution in [1.29, 1.82) is 0 Å². The molecule has 0 unspecified atom stereocenters. The highest BCUT2D eigenvalue weighted by molar-refractivity contribution is 5.79. The zero-order valence-electron chi connectivity index (χ0n) is 10.7. The highest BCUT2D eigenvalue weighted by Gasteiger charge is 2.37. The minimum Gasteiger partial charge on any atom is -0.399 e. The molecular weight excluding hydrogens is 257 g/mol. The number of nitrogen functional groups attached to an aromatic ring is 1. The summed E-state index contributed by atoms with van der Waals surface area (Å²) in [5.41, 5.74) is 6.69. The predicted octanol–water partition coefficient (Wildman–Crippen LogP) is 2.20. The first-order chi connectivity index (χ1) is 8.79. The fourth-order valence-electron chi connectivity index (χ4n) is 1.89. The van der Waals surface area contributed by atoms with Crippen LogP contribution in [-0.2, 0) is 12.7 Å². The molecule has 0 saturated heterocycles. The van der Waals surface area contributed by atoms with E-state index in [1.807, 2.05) is 19.0 Å². The number of benzene rings is 1. The lowest BCUT2D eigenvalue weighted by Crippen LogP contribution is -2.22. The van der Waals surface area contributed by atoms with Gasteiger partial charge in [-0.3, -0.25) is 0 Å². The fraction of sp³-hybridized carbons (Fsp3) is 0.417. The molecule has 0 atom stereocenters. The van der Waals surface area contributed by atoms with Crippen molar-refractivity contribution in [2.24, 2.45) is 0 Å². The second-order valence-corrected chi connectivity index (χ2v) is 4.64. The van der Waals surface area contributed by atoms with Crippen LogP contribution in [0.2, 0.25) is 0 Å². The van der Waals surface area contributed by atoms with Crippen molar-refractivity contribution in [2.45, 2.75) is 12.7 Å². The van der Waals surface area contributed by atoms with Gasteiger partial charge in [0, 0.05) is 18.8 Å². The first-order valence-corrected chi connectivity index (χ1v) is 5.76. The smallest absolute Gasteiger partial charge is 0.399 e. The van der Waals surface area contributed by atoms with Crippen molar-refractivity contribution in [1.82, 2.24) is 14.5 Å². The number of hydrogen-bond donors (Lipinski definition) is 1. The van der Waals surface area contributed by atoms with Gasteiger partial charge in [-0.1, -0.05) is 0 Å². The van der Waals surface area contributed by atoms with Gasteiger partial charge in [0.2, 0.25) is 5.82 Å². The Bertz CT molecular complexity index is 586. The molecule has 0 spiro atoms. The van der Waals surface area contributed by atoms with Crippen LogP contribution in [0.15, 0.2) is 18.2 Å². The van der Waals surface area contributed by atoms with Crippen molar-refractivity contribution in [2.75, 3.05) is 26.4 Å². The third kappa shape index (κ3) is 2.81. The zero-order valence-corrected chi connectivity index (χ0v) is 10.7. The maximum Gasteiger partial charge on any atom is 0.449 e. The second-order valence-electron chi connectivity index (χ2n) is 4.64. The topological polar surface area (TPSA) is 47.1 Å². The lowest BCUT2D eigenvalue weighted by molar-refractivity contribution is -0.147. The number of halogens is 3. The molecule has 0 bridgehead atoms. The molecule has 0 saturated carbocycles. The van der Waals surface area contributed by atoms with Gasteiger partial charge in [-0.05, 0) is 32.3 Å². The maximum atomic E-state index is 13.0. The number of alkyl halides is 3. The minimum atomic E-state index is -4.47. The number of likely N-dealkylation sites (N-methyl/N-ethyl adjacent to an activating group) is 1. The number of nitrogens with two attached hydrogens (primary N) is 1. The van der Waals surface area contributed by atoms with Gasteiger partial charge in [-0.25, -0.2) is 4.98 Å². The molecular formula is C12H15F3N4. The summed E-state index contributed by atoms with van der Waals surface area (Å²) in [5.74, 6) is -0.880. The summed E-state index contributed by atoms with van der Waals surface area (Å²) in [4.78, 5) is 5.48. The van der Waals surface area contributed by atoms with E-state index in [1.165, 1.54) is 10.6 Å². The van der Waals surface area contributed by atoms with Crippen LogP contribution < -0.4 is 5.73 Å². The largest absolute Gasteiger partial charge is 0.449 e. The van der Waals surface area contributed by atoms with E-state index < -0.39 is 12.0 Å². The molecule has 2 rings (SSSR count). The molecule has 104 valence electrons. The van der Waals surface area contributed by atoms with Crippen molar-refractivity contribution < 1.29 is 13.2 Å². The normalized spacial score (nSPS) is 12.5. The van der Waals surface area contributed by atoms with Crippen LogP contribution >= 0.6 is 0 Å². The van der Waals surface area contributed by atoms with Gasteiger partial charge in [0.25, 0.3) is 0 Å². The van der Waals surface area contributed by atoms with Gasteiger partial charge < -0.3 is 15.2 Å². The number of aromatic nitrogens is 2. The molecule has 0 aliphatic heterocycles. The van der Waals surface area contributed by atoms with Crippen molar-refractivity contribution in [3.05, 3.63) is 24.0 Å². The van der Waals surface area contributed by atoms with Gasteiger partial charge in [-0.15, -0.1) is 0 Å². The Morgan fingerprint density at radius 1 is 1.32 bits per heavy atom. The van der Waals surface area contributed by atoms with Crippen LogP contribution in [0, 0.1) is 0 Å². The van der Waals surface area contributed by atoms with E-state index in [2.05, 4.69) is 4.98 Å². The zero-order chi connectivity index (χ0) is 14.2. The van der Waals surface area contributed by atoms with Crippen molar-refractivity contribution in [3.63, 3.8) is 0 Å². The van der Waals surface area contributed by atoms with E-state index in [4.69, 9.17) is 5.73 Å². The van der Waals surface area contributed by atoms with Crippen LogP contribution in [0.4, 0.5) is 18.9 Å². The lowest BCUT2D eigenvalue weighted by Gasteiger charge is -2.14. The SMILES string of the molecule is CN(C)CCn1c(C(F)(F)F)nc2cc(N)ccc21. The summed E-state index contributed by atoms with van der Waals surface area (Å²) in [6.07, 6.45) is -4.47. The van der Waals surface area contributed by atoms with Gasteiger partial charge >= 0.3 is 6.18 Å². The Hall–Kier alpha value is -1.76. The van der Waals surface area contributed by atoms with Crippen molar-refractivity contribution in [3.8, 4) is 0 Å². The Labute approximate surface area is 108 Å². The number of imidazole rings is 1. The van der Waals surface area contributed by atoms with Gasteiger partial charge in [0.1, 0.15) is 0 Å². The third-order valence-corrected chi connectivity index (χ3v) is 2.80. The number of anilines is 1. The number of rotatable bonds is 3. The third-order valence-electron chi connectivity index (χ3n) is 2.80. The number of hydrogen-bond acceptors (Lipinski definition) is 3. The molecule has 0 aliphatic rings. The minimum absolute atomic E-state index is 0.224. The summed E-state index contributed by atoms with van der Waals surface area (Å²) in [7, 11) is 3.62. The Morgan fingerprint density at radius 3 is 2.58 bits per heavy atom. The molecule has 0 radical (unpaired) electrons. The standard InChI is InChI=1S/C12H15F3N4/c1-18(2)5-6-19-10-4-3-8(16)7-9(10)17-11(19)12(13,14)15/h3-4,7H,5-6,16H2,1-2H3. The second kappa shape index (κ2) is 4.73. The quantitative estimate of drug-likeness (QED) is 0.871. The molecule has 4 nitrogen and oxygen atoms in total. The van der Waals surface area contributed by atoms with E-state index in [-0.39, 0.29) is 12.1 Å². The molecule has 2 aromatic rings. The fourth-order valence-corrected chi connectivity index (χ4v) is 1.89. The van der Waals surface area contributed by atoms with E-state index in [9.17, 15) is 13.2 Å². The highest BCUT2D eigenvalue weighted by Crippen LogP contribution is 2.31. The average Bonchev–Trinajstić information content (AvgIpc) is 2.63.